The second-order valence-electron chi connectivity index (χ2n) is 7.81. The van der Waals surface area contributed by atoms with Gasteiger partial charge < -0.3 is 15.3 Å². The first-order chi connectivity index (χ1) is 12.0. The number of aliphatic hydroxyl groups excluding tert-OH is 2. The van der Waals surface area contributed by atoms with Gasteiger partial charge in [-0.1, -0.05) is 50.0 Å². The highest BCUT2D eigenvalue weighted by molar-refractivity contribution is 5.66. The summed E-state index contributed by atoms with van der Waals surface area (Å²) in [6.07, 6.45) is 14.3. The van der Waals surface area contributed by atoms with Crippen LogP contribution in [0.3, 0.4) is 0 Å². The zero-order valence-corrected chi connectivity index (χ0v) is 15.4. The first-order valence-corrected chi connectivity index (χ1v) is 9.95. The summed E-state index contributed by atoms with van der Waals surface area (Å²) >= 11 is 0. The Morgan fingerprint density at radius 2 is 2.08 bits per heavy atom. The van der Waals surface area contributed by atoms with E-state index in [1.54, 1.807) is 0 Å². The Balaban J connectivity index is 1.83. The van der Waals surface area contributed by atoms with Crippen molar-refractivity contribution in [3.8, 4) is 0 Å². The van der Waals surface area contributed by atoms with Gasteiger partial charge in [0.2, 0.25) is 0 Å². The second-order valence-corrected chi connectivity index (χ2v) is 7.81. The number of unbranched alkanes of at least 4 members (excludes halogenated alkanes) is 3. The molecule has 0 amide bonds. The lowest BCUT2D eigenvalue weighted by molar-refractivity contribution is -0.137. The summed E-state index contributed by atoms with van der Waals surface area (Å²) in [5, 5.41) is 29.1. The third-order valence-corrected chi connectivity index (χ3v) is 5.80. The van der Waals surface area contributed by atoms with E-state index in [9.17, 15) is 15.0 Å². The summed E-state index contributed by atoms with van der Waals surface area (Å²) in [4.78, 5) is 10.6. The van der Waals surface area contributed by atoms with E-state index >= 15 is 0 Å². The number of hydrogen-bond donors (Lipinski definition) is 3. The largest absolute Gasteiger partial charge is 0.481 e. The van der Waals surface area contributed by atoms with Gasteiger partial charge in [0.25, 0.3) is 0 Å². The minimum atomic E-state index is -0.729. The molecule has 0 aromatic rings. The average Bonchev–Trinajstić information content (AvgIpc) is 3.06. The summed E-state index contributed by atoms with van der Waals surface area (Å²) in [6, 6.07) is 0. The van der Waals surface area contributed by atoms with Gasteiger partial charge in [-0.25, -0.2) is 0 Å². The van der Waals surface area contributed by atoms with E-state index < -0.39 is 12.1 Å². The van der Waals surface area contributed by atoms with Crippen LogP contribution in [0.25, 0.3) is 0 Å². The van der Waals surface area contributed by atoms with Crippen molar-refractivity contribution < 1.29 is 20.1 Å². The number of hydrogen-bond acceptors (Lipinski definition) is 3. The molecule has 5 atom stereocenters. The number of allylic oxidation sites excluding steroid dienone is 2. The predicted octanol–water partition coefficient (Wildman–Crippen LogP) is 4.07. The predicted molar refractivity (Wildman–Crippen MR) is 99.2 cm³/mol. The molecule has 0 aliphatic heterocycles. The van der Waals surface area contributed by atoms with Gasteiger partial charge >= 0.3 is 5.97 Å². The first-order valence-electron chi connectivity index (χ1n) is 9.95. The van der Waals surface area contributed by atoms with Gasteiger partial charge in [0.05, 0.1) is 12.2 Å². The van der Waals surface area contributed by atoms with Crippen LogP contribution in [0.15, 0.2) is 23.8 Å². The number of carboxylic acids is 1. The van der Waals surface area contributed by atoms with Crippen molar-refractivity contribution in [3.05, 3.63) is 23.8 Å². The molecule has 3 N–H and O–H groups in total. The van der Waals surface area contributed by atoms with Gasteiger partial charge in [-0.3, -0.25) is 4.79 Å². The Bertz CT molecular complexity index is 482. The Hall–Kier alpha value is -1.13. The molecule has 0 unspecified atom stereocenters. The zero-order valence-electron chi connectivity index (χ0n) is 15.4. The lowest BCUT2D eigenvalue weighted by Crippen LogP contribution is -2.17. The summed E-state index contributed by atoms with van der Waals surface area (Å²) in [7, 11) is 0. The molecule has 0 saturated heterocycles. The van der Waals surface area contributed by atoms with E-state index in [1.165, 1.54) is 5.57 Å². The van der Waals surface area contributed by atoms with Crippen molar-refractivity contribution in [2.45, 2.75) is 83.3 Å². The maximum Gasteiger partial charge on any atom is 0.303 e. The molecule has 0 radical (unpaired) electrons. The van der Waals surface area contributed by atoms with Crippen LogP contribution in [-0.4, -0.2) is 33.5 Å². The fourth-order valence-electron chi connectivity index (χ4n) is 4.46. The van der Waals surface area contributed by atoms with E-state index in [0.29, 0.717) is 18.3 Å². The van der Waals surface area contributed by atoms with Crippen LogP contribution in [0.1, 0.15) is 71.1 Å². The molecular formula is C21H34O4. The first kappa shape index (κ1) is 20.2. The summed E-state index contributed by atoms with van der Waals surface area (Å²) in [5.74, 6) is 0.427. The Morgan fingerprint density at radius 3 is 2.80 bits per heavy atom. The summed E-state index contributed by atoms with van der Waals surface area (Å²) in [5.41, 5.74) is 1.43. The van der Waals surface area contributed by atoms with Crippen LogP contribution in [-0.2, 0) is 4.79 Å². The summed E-state index contributed by atoms with van der Waals surface area (Å²) in [6.45, 7) is 2.16. The van der Waals surface area contributed by atoms with Crippen molar-refractivity contribution in [2.24, 2.45) is 17.8 Å². The average molecular weight is 350 g/mol. The molecule has 2 rings (SSSR count). The lowest BCUT2D eigenvalue weighted by atomic mass is 9.90. The van der Waals surface area contributed by atoms with Crippen LogP contribution in [0.5, 0.6) is 0 Å². The normalized spacial score (nSPS) is 31.7. The molecular weight excluding hydrogens is 316 g/mol. The number of carbonyl (C=O) groups is 1. The maximum atomic E-state index is 10.6. The lowest BCUT2D eigenvalue weighted by Gasteiger charge is -2.17. The third-order valence-electron chi connectivity index (χ3n) is 5.80. The smallest absolute Gasteiger partial charge is 0.303 e. The highest BCUT2D eigenvalue weighted by Gasteiger charge is 2.44. The number of aliphatic hydroxyl groups is 2. The third kappa shape index (κ3) is 6.27. The Morgan fingerprint density at radius 1 is 1.28 bits per heavy atom. The molecule has 25 heavy (non-hydrogen) atoms. The molecule has 0 aromatic heterocycles. The van der Waals surface area contributed by atoms with Crippen molar-refractivity contribution in [2.75, 3.05) is 0 Å². The molecule has 142 valence electrons. The van der Waals surface area contributed by atoms with Crippen LogP contribution < -0.4 is 0 Å². The second kappa shape index (κ2) is 10.1. The number of fused-ring (bicyclic) bond motifs is 1. The SMILES string of the molecule is CCCCC[C@H](O)/C=C/[C@@H]1[C@H]2CC(=CCCCC(=O)O)C[C@H]2C[C@H]1O. The number of carboxylic acid groups (broad SMARTS) is 1. The van der Waals surface area contributed by atoms with E-state index in [1.807, 2.05) is 6.08 Å². The molecule has 2 saturated carbocycles. The van der Waals surface area contributed by atoms with E-state index in [4.69, 9.17) is 5.11 Å². The summed E-state index contributed by atoms with van der Waals surface area (Å²) < 4.78 is 0. The molecule has 2 aliphatic rings. The molecule has 4 heteroatoms. The van der Waals surface area contributed by atoms with Gasteiger partial charge in [-0.05, 0) is 50.4 Å². The fraction of sp³-hybridized carbons (Fsp3) is 0.762. The quantitative estimate of drug-likeness (QED) is 0.410. The zero-order chi connectivity index (χ0) is 18.2. The van der Waals surface area contributed by atoms with Gasteiger partial charge in [-0.15, -0.1) is 0 Å². The van der Waals surface area contributed by atoms with Gasteiger partial charge in [-0.2, -0.15) is 0 Å². The maximum absolute atomic E-state index is 10.6. The Labute approximate surface area is 151 Å². The van der Waals surface area contributed by atoms with Crippen molar-refractivity contribution in [1.82, 2.24) is 0 Å². The monoisotopic (exact) mass is 350 g/mol. The van der Waals surface area contributed by atoms with Crippen LogP contribution in [0, 0.1) is 17.8 Å². The van der Waals surface area contributed by atoms with Crippen molar-refractivity contribution in [3.63, 3.8) is 0 Å². The topological polar surface area (TPSA) is 77.8 Å². The highest BCUT2D eigenvalue weighted by Crippen LogP contribution is 2.50. The van der Waals surface area contributed by atoms with Gasteiger partial charge in [0.1, 0.15) is 0 Å². The van der Waals surface area contributed by atoms with Gasteiger partial charge in [0, 0.05) is 12.3 Å². The minimum absolute atomic E-state index is 0.149. The number of aliphatic carboxylic acids is 1. The van der Waals surface area contributed by atoms with Crippen LogP contribution >= 0.6 is 0 Å². The molecule has 4 nitrogen and oxygen atoms in total. The highest BCUT2D eigenvalue weighted by atomic mass is 16.4. The van der Waals surface area contributed by atoms with Crippen LogP contribution in [0.2, 0.25) is 0 Å². The molecule has 2 fully saturated rings. The standard InChI is InChI=1S/C21H34O4/c1-2-3-4-8-17(22)10-11-18-19-13-15(7-5-6-9-21(24)25)12-16(19)14-20(18)23/h7,10-11,16-20,22-23H,2-6,8-9,12-14H2,1H3,(H,24,25)/b11-10+,15-7?/t16-,17-,18+,19-,20+/m0/s1. The molecule has 2 aliphatic carbocycles. The fourth-order valence-corrected chi connectivity index (χ4v) is 4.46. The minimum Gasteiger partial charge on any atom is -0.481 e. The molecule has 0 spiro atoms. The van der Waals surface area contributed by atoms with E-state index in [0.717, 1.165) is 51.4 Å². The van der Waals surface area contributed by atoms with Crippen molar-refractivity contribution >= 4 is 5.97 Å². The van der Waals surface area contributed by atoms with E-state index in [-0.39, 0.29) is 18.4 Å². The number of rotatable bonds is 10. The van der Waals surface area contributed by atoms with Gasteiger partial charge in [0.15, 0.2) is 0 Å². The van der Waals surface area contributed by atoms with Crippen molar-refractivity contribution in [1.29, 1.82) is 0 Å². The molecule has 0 heterocycles. The van der Waals surface area contributed by atoms with Crippen LogP contribution in [0.4, 0.5) is 0 Å². The Kier molecular flexibility index (Phi) is 8.17. The van der Waals surface area contributed by atoms with E-state index in [2.05, 4.69) is 19.1 Å². The molecule has 0 bridgehead atoms. The molecule has 0 aromatic carbocycles.